The SMILES string of the molecule is O=C(N[C@@H](CCOC1CC(CCc2ccc3c(n2)NCCC3)C1)C(=O)O)O[C@@H]1CCCCC1C#Cc1ccccc1. The molecule has 2 fully saturated rings. The van der Waals surface area contributed by atoms with E-state index in [-0.39, 0.29) is 31.2 Å². The molecule has 218 valence electrons. The number of fused-ring (bicyclic) bond motifs is 1. The number of ether oxygens (including phenoxy) is 2. The van der Waals surface area contributed by atoms with Gasteiger partial charge in [0.05, 0.1) is 12.0 Å². The van der Waals surface area contributed by atoms with E-state index in [0.717, 1.165) is 87.8 Å². The number of carboxylic acid groups (broad SMARTS) is 1. The van der Waals surface area contributed by atoms with Gasteiger partial charge in [-0.3, -0.25) is 0 Å². The Morgan fingerprint density at radius 3 is 2.76 bits per heavy atom. The fourth-order valence-corrected chi connectivity index (χ4v) is 5.93. The summed E-state index contributed by atoms with van der Waals surface area (Å²) in [6, 6.07) is 13.0. The van der Waals surface area contributed by atoms with Gasteiger partial charge in [-0.1, -0.05) is 42.5 Å². The number of pyridine rings is 1. The second-order valence-corrected chi connectivity index (χ2v) is 11.5. The van der Waals surface area contributed by atoms with Gasteiger partial charge in [-0.2, -0.15) is 0 Å². The van der Waals surface area contributed by atoms with Crippen molar-refractivity contribution in [3.63, 3.8) is 0 Å². The highest BCUT2D eigenvalue weighted by molar-refractivity contribution is 5.79. The summed E-state index contributed by atoms with van der Waals surface area (Å²) in [6.45, 7) is 1.27. The molecule has 3 atom stereocenters. The van der Waals surface area contributed by atoms with Crippen molar-refractivity contribution < 1.29 is 24.2 Å². The minimum absolute atomic E-state index is 0.0624. The Balaban J connectivity index is 1.00. The number of carbonyl (C=O) groups excluding carboxylic acids is 1. The lowest BCUT2D eigenvalue weighted by Crippen LogP contribution is -2.44. The number of nitrogens with zero attached hydrogens (tertiary/aromatic N) is 1. The van der Waals surface area contributed by atoms with Gasteiger partial charge in [-0.05, 0) is 87.5 Å². The Morgan fingerprint density at radius 1 is 1.10 bits per heavy atom. The molecule has 0 bridgehead atoms. The van der Waals surface area contributed by atoms with Crippen LogP contribution in [0.2, 0.25) is 0 Å². The molecule has 3 N–H and O–H groups in total. The number of rotatable bonds is 10. The summed E-state index contributed by atoms with van der Waals surface area (Å²) in [5, 5.41) is 15.6. The van der Waals surface area contributed by atoms with E-state index in [9.17, 15) is 14.7 Å². The van der Waals surface area contributed by atoms with E-state index in [0.29, 0.717) is 5.92 Å². The summed E-state index contributed by atoms with van der Waals surface area (Å²) in [5.74, 6) is 6.94. The number of aliphatic carboxylic acids is 1. The number of aryl methyl sites for hydroxylation is 2. The molecule has 8 heteroatoms. The van der Waals surface area contributed by atoms with E-state index in [1.165, 1.54) is 5.56 Å². The second-order valence-electron chi connectivity index (χ2n) is 11.5. The summed E-state index contributed by atoms with van der Waals surface area (Å²) < 4.78 is 11.6. The summed E-state index contributed by atoms with van der Waals surface area (Å²) in [6.07, 6.45) is 9.12. The van der Waals surface area contributed by atoms with Crippen LogP contribution < -0.4 is 10.6 Å². The van der Waals surface area contributed by atoms with Crippen LogP contribution in [0.15, 0.2) is 42.5 Å². The van der Waals surface area contributed by atoms with Crippen molar-refractivity contribution in [3.05, 3.63) is 59.3 Å². The summed E-state index contributed by atoms with van der Waals surface area (Å²) >= 11 is 0. The maximum absolute atomic E-state index is 12.6. The van der Waals surface area contributed by atoms with Gasteiger partial charge in [0.1, 0.15) is 18.0 Å². The van der Waals surface area contributed by atoms with Crippen molar-refractivity contribution in [2.75, 3.05) is 18.5 Å². The Labute approximate surface area is 242 Å². The Bertz CT molecular complexity index is 1230. The van der Waals surface area contributed by atoms with Gasteiger partial charge >= 0.3 is 12.1 Å². The molecular formula is C33H41N3O5. The van der Waals surface area contributed by atoms with Crippen molar-refractivity contribution in [2.45, 2.75) is 88.9 Å². The first-order chi connectivity index (χ1) is 20.0. The number of amides is 1. The van der Waals surface area contributed by atoms with E-state index in [2.05, 4.69) is 34.6 Å². The van der Waals surface area contributed by atoms with E-state index in [4.69, 9.17) is 14.5 Å². The number of anilines is 1. The minimum atomic E-state index is -1.09. The van der Waals surface area contributed by atoms with E-state index >= 15 is 0 Å². The highest BCUT2D eigenvalue weighted by Gasteiger charge is 2.31. The van der Waals surface area contributed by atoms with Gasteiger partial charge in [0.2, 0.25) is 0 Å². The molecule has 0 radical (unpaired) electrons. The topological polar surface area (TPSA) is 110 Å². The van der Waals surface area contributed by atoms with Crippen molar-refractivity contribution in [1.29, 1.82) is 0 Å². The van der Waals surface area contributed by atoms with Crippen molar-refractivity contribution in [1.82, 2.24) is 10.3 Å². The Morgan fingerprint density at radius 2 is 1.93 bits per heavy atom. The second kappa shape index (κ2) is 14.4. The standard InChI is InChI=1S/C33H41N3O5/c37-32(38)29(36-33(39)41-30-11-5-4-9-25(30)14-12-23-7-2-1-3-8-23)18-20-40-28-21-24(22-28)13-16-27-17-15-26-10-6-19-34-31(26)35-27/h1-3,7-8,15,17,24-25,28-30H,4-6,9-11,13,16,18-22H2,(H,34,35)(H,36,39)(H,37,38)/t24?,25?,28?,29-,30+/m0/s1. The maximum atomic E-state index is 12.6. The summed E-state index contributed by atoms with van der Waals surface area (Å²) in [4.78, 5) is 29.2. The fraction of sp³-hybridized carbons (Fsp3) is 0.545. The lowest BCUT2D eigenvalue weighted by atomic mass is 9.79. The molecule has 1 aromatic heterocycles. The first-order valence-corrected chi connectivity index (χ1v) is 15.1. The van der Waals surface area contributed by atoms with Gasteiger partial charge in [-0.25, -0.2) is 14.6 Å². The van der Waals surface area contributed by atoms with E-state index < -0.39 is 18.1 Å². The number of aromatic nitrogens is 1. The van der Waals surface area contributed by atoms with Crippen molar-refractivity contribution in [3.8, 4) is 11.8 Å². The molecule has 2 saturated carbocycles. The van der Waals surface area contributed by atoms with E-state index in [1.54, 1.807) is 0 Å². The van der Waals surface area contributed by atoms with Crippen molar-refractivity contribution in [2.24, 2.45) is 11.8 Å². The maximum Gasteiger partial charge on any atom is 0.408 e. The van der Waals surface area contributed by atoms with Crippen LogP contribution in [0.25, 0.3) is 0 Å². The largest absolute Gasteiger partial charge is 0.480 e. The molecular weight excluding hydrogens is 518 g/mol. The molecule has 1 amide bonds. The minimum Gasteiger partial charge on any atom is -0.480 e. The Kier molecular flexibility index (Phi) is 10.1. The van der Waals surface area contributed by atoms with Gasteiger partial charge in [0.25, 0.3) is 0 Å². The lowest BCUT2D eigenvalue weighted by Gasteiger charge is -2.35. The third-order valence-corrected chi connectivity index (χ3v) is 8.44. The van der Waals surface area contributed by atoms with Crippen LogP contribution in [-0.4, -0.2) is 53.6 Å². The number of carboxylic acids is 1. The zero-order valence-electron chi connectivity index (χ0n) is 23.6. The van der Waals surface area contributed by atoms with Gasteiger partial charge in [0, 0.05) is 30.8 Å². The van der Waals surface area contributed by atoms with Crippen LogP contribution in [0.4, 0.5) is 10.6 Å². The molecule has 1 aromatic carbocycles. The summed E-state index contributed by atoms with van der Waals surface area (Å²) in [7, 11) is 0. The van der Waals surface area contributed by atoms with Gasteiger partial charge < -0.3 is 25.2 Å². The van der Waals surface area contributed by atoms with Crippen molar-refractivity contribution >= 4 is 17.9 Å². The third-order valence-electron chi connectivity index (χ3n) is 8.44. The van der Waals surface area contributed by atoms with Gasteiger partial charge in [-0.15, -0.1) is 0 Å². The van der Waals surface area contributed by atoms with E-state index in [1.807, 2.05) is 30.3 Å². The smallest absolute Gasteiger partial charge is 0.408 e. The molecule has 1 aliphatic heterocycles. The predicted molar refractivity (Wildman–Crippen MR) is 157 cm³/mol. The monoisotopic (exact) mass is 559 g/mol. The highest BCUT2D eigenvalue weighted by Crippen LogP contribution is 2.34. The first kappa shape index (κ1) is 28.9. The number of carbonyl (C=O) groups is 2. The number of benzene rings is 1. The summed E-state index contributed by atoms with van der Waals surface area (Å²) in [5.41, 5.74) is 3.37. The first-order valence-electron chi connectivity index (χ1n) is 15.1. The van der Waals surface area contributed by atoms with Crippen LogP contribution in [0, 0.1) is 23.7 Å². The highest BCUT2D eigenvalue weighted by atomic mass is 16.6. The average molecular weight is 560 g/mol. The average Bonchev–Trinajstić information content (AvgIpc) is 2.97. The third kappa shape index (κ3) is 8.46. The molecule has 1 unspecified atom stereocenters. The zero-order valence-corrected chi connectivity index (χ0v) is 23.6. The quantitative estimate of drug-likeness (QED) is 0.337. The number of hydrogen-bond acceptors (Lipinski definition) is 6. The fourth-order valence-electron chi connectivity index (χ4n) is 5.93. The lowest BCUT2D eigenvalue weighted by molar-refractivity contribution is -0.140. The van der Waals surface area contributed by atoms with Gasteiger partial charge in [0.15, 0.2) is 0 Å². The zero-order chi connectivity index (χ0) is 28.4. The molecule has 2 aliphatic carbocycles. The molecule has 3 aliphatic rings. The van der Waals surface area contributed by atoms with Crippen LogP contribution in [0.1, 0.15) is 74.6 Å². The Hall–Kier alpha value is -3.57. The van der Waals surface area contributed by atoms with Crippen LogP contribution in [-0.2, 0) is 27.1 Å². The molecule has 5 rings (SSSR count). The van der Waals surface area contributed by atoms with Crippen LogP contribution in [0.5, 0.6) is 0 Å². The normalized spacial score (nSPS) is 23.9. The number of hydrogen-bond donors (Lipinski definition) is 3. The molecule has 0 spiro atoms. The molecule has 0 saturated heterocycles. The molecule has 8 nitrogen and oxygen atoms in total. The molecule has 2 aromatic rings. The molecule has 2 heterocycles. The van der Waals surface area contributed by atoms with Crippen LogP contribution in [0.3, 0.4) is 0 Å². The number of nitrogens with one attached hydrogen (secondary N) is 2. The molecule has 41 heavy (non-hydrogen) atoms. The number of alkyl carbamates (subject to hydrolysis) is 1. The van der Waals surface area contributed by atoms with Crippen LogP contribution >= 0.6 is 0 Å². The predicted octanol–water partition coefficient (Wildman–Crippen LogP) is 5.35.